The molecule has 0 aliphatic carbocycles. The van der Waals surface area contributed by atoms with Gasteiger partial charge in [-0.25, -0.2) is 0 Å². The third-order valence-corrected chi connectivity index (χ3v) is 4.35. The highest BCUT2D eigenvalue weighted by Crippen LogP contribution is 2.29. The molecule has 1 aliphatic rings. The van der Waals surface area contributed by atoms with Gasteiger partial charge >= 0.3 is 0 Å². The van der Waals surface area contributed by atoms with E-state index in [0.717, 1.165) is 23.5 Å². The number of nitrogens with zero attached hydrogens (tertiary/aromatic N) is 1. The van der Waals surface area contributed by atoms with Crippen molar-refractivity contribution in [2.24, 2.45) is 0 Å². The monoisotopic (exact) mass is 306 g/mol. The van der Waals surface area contributed by atoms with Gasteiger partial charge in [-0.05, 0) is 17.0 Å². The Bertz CT molecular complexity index is 537. The van der Waals surface area contributed by atoms with E-state index in [0.29, 0.717) is 13.0 Å². The van der Waals surface area contributed by atoms with Crippen LogP contribution in [0.15, 0.2) is 24.3 Å². The molecule has 1 saturated heterocycles. The molecule has 0 saturated carbocycles. The summed E-state index contributed by atoms with van der Waals surface area (Å²) in [6, 6.07) is 7.87. The summed E-state index contributed by atoms with van der Waals surface area (Å²) in [5.74, 6) is 0.782. The molecular formula is C16H22N2O2S. The van der Waals surface area contributed by atoms with Gasteiger partial charge in [0, 0.05) is 31.0 Å². The van der Waals surface area contributed by atoms with Crippen LogP contribution < -0.4 is 5.32 Å². The van der Waals surface area contributed by atoms with Gasteiger partial charge in [0.1, 0.15) is 0 Å². The van der Waals surface area contributed by atoms with Crippen LogP contribution in [-0.4, -0.2) is 34.9 Å². The molecule has 1 heterocycles. The third kappa shape index (κ3) is 4.24. The number of hydrogen-bond donors (Lipinski definition) is 1. The van der Waals surface area contributed by atoms with Crippen LogP contribution >= 0.6 is 11.8 Å². The van der Waals surface area contributed by atoms with E-state index in [4.69, 9.17) is 0 Å². The number of benzene rings is 1. The Morgan fingerprint density at radius 2 is 2.05 bits per heavy atom. The molecule has 0 unspecified atom stereocenters. The number of amides is 2. The Morgan fingerprint density at radius 1 is 1.33 bits per heavy atom. The highest BCUT2D eigenvalue weighted by molar-refractivity contribution is 8.13. The molecule has 1 N–H and O–H groups in total. The number of carbonyl (C=O) groups excluding carboxylic acids is 2. The first kappa shape index (κ1) is 15.9. The molecule has 114 valence electrons. The zero-order chi connectivity index (χ0) is 15.5. The van der Waals surface area contributed by atoms with Crippen molar-refractivity contribution in [3.05, 3.63) is 29.8 Å². The minimum atomic E-state index is -0.0450. The minimum absolute atomic E-state index is 0.0224. The van der Waals surface area contributed by atoms with E-state index in [2.05, 4.69) is 26.1 Å². The number of thioether (sulfide) groups is 1. The lowest BCUT2D eigenvalue weighted by Crippen LogP contribution is -2.28. The summed E-state index contributed by atoms with van der Waals surface area (Å²) in [6.45, 7) is 7.61. The van der Waals surface area contributed by atoms with Gasteiger partial charge in [0.15, 0.2) is 0 Å². The predicted molar refractivity (Wildman–Crippen MR) is 87.8 cm³/mol. The Labute approximate surface area is 130 Å². The zero-order valence-corrected chi connectivity index (χ0v) is 13.6. The predicted octanol–water partition coefficient (Wildman–Crippen LogP) is 3.48. The second-order valence-electron chi connectivity index (χ2n) is 6.20. The summed E-state index contributed by atoms with van der Waals surface area (Å²) in [5, 5.41) is 3.05. The van der Waals surface area contributed by atoms with Crippen molar-refractivity contribution in [1.29, 1.82) is 0 Å². The van der Waals surface area contributed by atoms with Gasteiger partial charge in [0.05, 0.1) is 0 Å². The first-order chi connectivity index (χ1) is 9.88. The molecule has 2 rings (SSSR count). The van der Waals surface area contributed by atoms with Gasteiger partial charge in [0.25, 0.3) is 5.24 Å². The van der Waals surface area contributed by atoms with Crippen molar-refractivity contribution in [3.8, 4) is 0 Å². The number of anilines is 1. The fourth-order valence-electron chi connectivity index (χ4n) is 2.32. The molecule has 0 bridgehead atoms. The summed E-state index contributed by atoms with van der Waals surface area (Å²) in [5.41, 5.74) is 1.95. The smallest absolute Gasteiger partial charge is 0.281 e. The fraction of sp³-hybridized carbons (Fsp3) is 0.500. The average Bonchev–Trinajstić information content (AvgIpc) is 2.81. The second kappa shape index (κ2) is 6.52. The zero-order valence-electron chi connectivity index (χ0n) is 12.8. The van der Waals surface area contributed by atoms with E-state index >= 15 is 0 Å². The van der Waals surface area contributed by atoms with Gasteiger partial charge in [-0.2, -0.15) is 0 Å². The van der Waals surface area contributed by atoms with Crippen LogP contribution in [0.1, 0.15) is 32.8 Å². The summed E-state index contributed by atoms with van der Waals surface area (Å²) in [4.78, 5) is 25.3. The molecule has 0 radical (unpaired) electrons. The van der Waals surface area contributed by atoms with Crippen LogP contribution in [-0.2, 0) is 10.2 Å². The van der Waals surface area contributed by atoms with Gasteiger partial charge in [-0.15, -0.1) is 0 Å². The highest BCUT2D eigenvalue weighted by atomic mass is 32.2. The topological polar surface area (TPSA) is 49.4 Å². The minimum Gasteiger partial charge on any atom is -0.332 e. The Balaban J connectivity index is 1.95. The maximum atomic E-state index is 12.1. The Kier molecular flexibility index (Phi) is 4.93. The third-order valence-electron chi connectivity index (χ3n) is 3.46. The van der Waals surface area contributed by atoms with Crippen LogP contribution in [0, 0.1) is 0 Å². The molecule has 0 spiro atoms. The fourth-order valence-corrected chi connectivity index (χ4v) is 3.18. The number of nitrogens with one attached hydrogen (secondary N) is 1. The van der Waals surface area contributed by atoms with Crippen LogP contribution in [0.4, 0.5) is 10.5 Å². The van der Waals surface area contributed by atoms with Crippen LogP contribution in [0.3, 0.4) is 0 Å². The molecule has 1 aromatic rings. The number of carbonyl (C=O) groups is 2. The molecule has 4 nitrogen and oxygen atoms in total. The van der Waals surface area contributed by atoms with Crippen LogP contribution in [0.25, 0.3) is 0 Å². The average molecular weight is 306 g/mol. The maximum absolute atomic E-state index is 12.1. The standard InChI is InChI=1S/C16H22N2O2S/c1-16(2,3)12-6-4-5-7-13(12)17-14(19)8-9-18-10-11-21-15(18)20/h4-7H,8-11H2,1-3H3,(H,17,19). The lowest BCUT2D eigenvalue weighted by molar-refractivity contribution is -0.116. The number of para-hydroxylation sites is 1. The van der Waals surface area contributed by atoms with Gasteiger partial charge < -0.3 is 10.2 Å². The van der Waals surface area contributed by atoms with Crippen molar-refractivity contribution >= 4 is 28.6 Å². The summed E-state index contributed by atoms with van der Waals surface area (Å²) >= 11 is 1.32. The lowest BCUT2D eigenvalue weighted by atomic mass is 9.86. The molecule has 0 atom stereocenters. The first-order valence-corrected chi connectivity index (χ1v) is 8.17. The highest BCUT2D eigenvalue weighted by Gasteiger charge is 2.22. The van der Waals surface area contributed by atoms with Crippen molar-refractivity contribution in [2.75, 3.05) is 24.2 Å². The van der Waals surface area contributed by atoms with Crippen molar-refractivity contribution in [3.63, 3.8) is 0 Å². The molecular weight excluding hydrogens is 284 g/mol. The van der Waals surface area contributed by atoms with E-state index in [9.17, 15) is 9.59 Å². The van der Waals surface area contributed by atoms with E-state index in [1.807, 2.05) is 24.3 Å². The Morgan fingerprint density at radius 3 is 2.67 bits per heavy atom. The van der Waals surface area contributed by atoms with Gasteiger partial charge in [-0.3, -0.25) is 9.59 Å². The van der Waals surface area contributed by atoms with E-state index < -0.39 is 0 Å². The quantitative estimate of drug-likeness (QED) is 0.926. The second-order valence-corrected chi connectivity index (χ2v) is 7.24. The summed E-state index contributed by atoms with van der Waals surface area (Å²) in [7, 11) is 0. The van der Waals surface area contributed by atoms with Crippen molar-refractivity contribution in [2.45, 2.75) is 32.6 Å². The number of rotatable bonds is 4. The molecule has 5 heteroatoms. The lowest BCUT2D eigenvalue weighted by Gasteiger charge is -2.23. The Hall–Kier alpha value is -1.49. The van der Waals surface area contributed by atoms with Crippen molar-refractivity contribution in [1.82, 2.24) is 4.90 Å². The first-order valence-electron chi connectivity index (χ1n) is 7.19. The van der Waals surface area contributed by atoms with E-state index in [-0.39, 0.29) is 16.6 Å². The van der Waals surface area contributed by atoms with Crippen LogP contribution in [0.5, 0.6) is 0 Å². The molecule has 1 aromatic carbocycles. The van der Waals surface area contributed by atoms with Gasteiger partial charge in [0.2, 0.25) is 5.91 Å². The van der Waals surface area contributed by atoms with Crippen LogP contribution in [0.2, 0.25) is 0 Å². The molecule has 0 aromatic heterocycles. The molecule has 21 heavy (non-hydrogen) atoms. The molecule has 1 fully saturated rings. The van der Waals surface area contributed by atoms with E-state index in [1.54, 1.807) is 4.90 Å². The maximum Gasteiger partial charge on any atom is 0.281 e. The largest absolute Gasteiger partial charge is 0.332 e. The summed E-state index contributed by atoms with van der Waals surface area (Å²) in [6.07, 6.45) is 0.338. The molecule has 1 aliphatic heterocycles. The molecule has 2 amide bonds. The van der Waals surface area contributed by atoms with E-state index in [1.165, 1.54) is 11.8 Å². The van der Waals surface area contributed by atoms with Crippen molar-refractivity contribution < 1.29 is 9.59 Å². The normalized spacial score (nSPS) is 15.4. The summed E-state index contributed by atoms with van der Waals surface area (Å²) < 4.78 is 0. The SMILES string of the molecule is CC(C)(C)c1ccccc1NC(=O)CCN1CCSC1=O. The van der Waals surface area contributed by atoms with Gasteiger partial charge in [-0.1, -0.05) is 50.7 Å². The number of hydrogen-bond acceptors (Lipinski definition) is 3.